The molecular formula is C17H17N3. The van der Waals surface area contributed by atoms with Gasteiger partial charge in [-0.3, -0.25) is 4.98 Å². The van der Waals surface area contributed by atoms with E-state index in [0.29, 0.717) is 0 Å². The van der Waals surface area contributed by atoms with Crippen molar-refractivity contribution >= 4 is 10.9 Å². The fourth-order valence-corrected chi connectivity index (χ4v) is 3.35. The van der Waals surface area contributed by atoms with Crippen molar-refractivity contribution in [2.75, 3.05) is 6.54 Å². The van der Waals surface area contributed by atoms with Gasteiger partial charge in [0.15, 0.2) is 0 Å². The Labute approximate surface area is 118 Å². The number of hydrogen-bond acceptors (Lipinski definition) is 2. The van der Waals surface area contributed by atoms with E-state index in [1.54, 1.807) is 0 Å². The Morgan fingerprint density at radius 2 is 2.00 bits per heavy atom. The van der Waals surface area contributed by atoms with Gasteiger partial charge in [-0.1, -0.05) is 24.3 Å². The molecule has 20 heavy (non-hydrogen) atoms. The summed E-state index contributed by atoms with van der Waals surface area (Å²) >= 11 is 0. The first-order valence-corrected chi connectivity index (χ1v) is 7.07. The number of rotatable bonds is 1. The van der Waals surface area contributed by atoms with E-state index < -0.39 is 0 Å². The summed E-state index contributed by atoms with van der Waals surface area (Å²) in [7, 11) is 2.16. The second-order valence-corrected chi connectivity index (χ2v) is 5.33. The monoisotopic (exact) mass is 263 g/mol. The van der Waals surface area contributed by atoms with E-state index in [1.807, 2.05) is 12.3 Å². The zero-order valence-corrected chi connectivity index (χ0v) is 11.5. The molecule has 3 aromatic rings. The van der Waals surface area contributed by atoms with Gasteiger partial charge >= 0.3 is 0 Å². The lowest BCUT2D eigenvalue weighted by atomic mass is 9.97. The number of aromatic nitrogens is 2. The zero-order valence-electron chi connectivity index (χ0n) is 11.5. The van der Waals surface area contributed by atoms with Gasteiger partial charge < -0.3 is 9.88 Å². The third-order valence-electron chi connectivity index (χ3n) is 4.24. The Morgan fingerprint density at radius 3 is 2.85 bits per heavy atom. The van der Waals surface area contributed by atoms with E-state index in [2.05, 4.69) is 58.3 Å². The molecule has 0 aliphatic carbocycles. The molecule has 1 aliphatic rings. The van der Waals surface area contributed by atoms with Crippen LogP contribution in [0.15, 0.2) is 48.7 Å². The normalized spacial score (nSPS) is 18.1. The molecular weight excluding hydrogens is 246 g/mol. The Balaban J connectivity index is 1.97. The molecule has 3 heteroatoms. The molecule has 0 saturated heterocycles. The molecule has 1 aliphatic heterocycles. The standard InChI is InChI=1S/C17H17N3/c1-20-15-8-3-2-6-12(15)13-9-11-19-16(17(13)20)14-7-4-5-10-18-14/h2-8,10,16,19H,9,11H2,1H3. The molecule has 3 heterocycles. The number of nitrogens with one attached hydrogen (secondary N) is 1. The highest BCUT2D eigenvalue weighted by molar-refractivity contribution is 5.86. The molecule has 1 atom stereocenters. The van der Waals surface area contributed by atoms with Gasteiger partial charge in [0.1, 0.15) is 0 Å². The zero-order chi connectivity index (χ0) is 13.5. The van der Waals surface area contributed by atoms with Crippen LogP contribution in [0.25, 0.3) is 10.9 Å². The van der Waals surface area contributed by atoms with Crippen LogP contribution < -0.4 is 5.32 Å². The summed E-state index contributed by atoms with van der Waals surface area (Å²) in [5.41, 5.74) is 5.23. The van der Waals surface area contributed by atoms with Crippen LogP contribution in [0.1, 0.15) is 23.0 Å². The van der Waals surface area contributed by atoms with Crippen molar-refractivity contribution < 1.29 is 0 Å². The number of para-hydroxylation sites is 1. The molecule has 2 aromatic heterocycles. The summed E-state index contributed by atoms with van der Waals surface area (Å²) in [4.78, 5) is 4.54. The number of nitrogens with zero attached hydrogens (tertiary/aromatic N) is 2. The highest BCUT2D eigenvalue weighted by Crippen LogP contribution is 2.34. The highest BCUT2D eigenvalue weighted by atomic mass is 15.1. The Hall–Kier alpha value is -2.13. The molecule has 0 spiro atoms. The van der Waals surface area contributed by atoms with E-state index in [-0.39, 0.29) is 6.04 Å². The van der Waals surface area contributed by atoms with Crippen LogP contribution in [-0.2, 0) is 13.5 Å². The van der Waals surface area contributed by atoms with Gasteiger partial charge in [0.2, 0.25) is 0 Å². The van der Waals surface area contributed by atoms with Gasteiger partial charge in [-0.2, -0.15) is 0 Å². The van der Waals surface area contributed by atoms with Crippen LogP contribution in [0, 0.1) is 0 Å². The smallest absolute Gasteiger partial charge is 0.0908 e. The van der Waals surface area contributed by atoms with Crippen molar-refractivity contribution in [2.45, 2.75) is 12.5 Å². The summed E-state index contributed by atoms with van der Waals surface area (Å²) in [6, 6.07) is 15.0. The average molecular weight is 263 g/mol. The lowest BCUT2D eigenvalue weighted by molar-refractivity contribution is 0.531. The largest absolute Gasteiger partial charge is 0.346 e. The van der Waals surface area contributed by atoms with E-state index in [4.69, 9.17) is 0 Å². The lowest BCUT2D eigenvalue weighted by Crippen LogP contribution is -2.32. The van der Waals surface area contributed by atoms with Crippen LogP contribution in [0.2, 0.25) is 0 Å². The molecule has 0 fully saturated rings. The maximum Gasteiger partial charge on any atom is 0.0908 e. The van der Waals surface area contributed by atoms with Gasteiger partial charge in [-0.25, -0.2) is 0 Å². The van der Waals surface area contributed by atoms with Gasteiger partial charge in [0.05, 0.1) is 11.7 Å². The topological polar surface area (TPSA) is 29.9 Å². The molecule has 1 N–H and O–H groups in total. The summed E-state index contributed by atoms with van der Waals surface area (Å²) in [5.74, 6) is 0. The molecule has 4 rings (SSSR count). The van der Waals surface area contributed by atoms with Gasteiger partial charge in [-0.05, 0) is 30.2 Å². The predicted octanol–water partition coefficient (Wildman–Crippen LogP) is 2.81. The molecule has 0 amide bonds. The molecule has 0 saturated carbocycles. The fourth-order valence-electron chi connectivity index (χ4n) is 3.35. The lowest BCUT2D eigenvalue weighted by Gasteiger charge is -2.25. The maximum absolute atomic E-state index is 4.54. The van der Waals surface area contributed by atoms with Gasteiger partial charge in [0, 0.05) is 36.4 Å². The Kier molecular flexibility index (Phi) is 2.60. The molecule has 100 valence electrons. The van der Waals surface area contributed by atoms with Gasteiger partial charge in [0.25, 0.3) is 0 Å². The van der Waals surface area contributed by atoms with E-state index >= 15 is 0 Å². The van der Waals surface area contributed by atoms with Crippen molar-refractivity contribution in [2.24, 2.45) is 7.05 Å². The number of pyridine rings is 1. The average Bonchev–Trinajstić information content (AvgIpc) is 2.82. The SMILES string of the molecule is Cn1c2c(c3ccccc31)CCNC2c1ccccn1. The first kappa shape index (κ1) is 11.7. The van der Waals surface area contributed by atoms with Crippen molar-refractivity contribution in [3.63, 3.8) is 0 Å². The van der Waals surface area contributed by atoms with Crippen LogP contribution in [-0.4, -0.2) is 16.1 Å². The van der Waals surface area contributed by atoms with E-state index in [9.17, 15) is 0 Å². The third-order valence-corrected chi connectivity index (χ3v) is 4.24. The molecule has 1 unspecified atom stereocenters. The molecule has 3 nitrogen and oxygen atoms in total. The Morgan fingerprint density at radius 1 is 1.15 bits per heavy atom. The third kappa shape index (κ3) is 1.60. The number of hydrogen-bond donors (Lipinski definition) is 1. The van der Waals surface area contributed by atoms with E-state index in [0.717, 1.165) is 18.7 Å². The van der Waals surface area contributed by atoms with Crippen LogP contribution in [0.4, 0.5) is 0 Å². The molecule has 0 radical (unpaired) electrons. The highest BCUT2D eigenvalue weighted by Gasteiger charge is 2.27. The quantitative estimate of drug-likeness (QED) is 0.731. The summed E-state index contributed by atoms with van der Waals surface area (Å²) in [5, 5.41) is 4.99. The van der Waals surface area contributed by atoms with Crippen LogP contribution >= 0.6 is 0 Å². The maximum atomic E-state index is 4.54. The summed E-state index contributed by atoms with van der Waals surface area (Å²) in [6.07, 6.45) is 2.95. The van der Waals surface area contributed by atoms with Crippen LogP contribution in [0.3, 0.4) is 0 Å². The van der Waals surface area contributed by atoms with Crippen LogP contribution in [0.5, 0.6) is 0 Å². The van der Waals surface area contributed by atoms with Crippen molar-refractivity contribution in [3.05, 3.63) is 65.6 Å². The summed E-state index contributed by atoms with van der Waals surface area (Å²) in [6.45, 7) is 1.00. The van der Waals surface area contributed by atoms with Crippen molar-refractivity contribution in [1.29, 1.82) is 0 Å². The second kappa shape index (κ2) is 4.46. The number of benzene rings is 1. The minimum atomic E-state index is 0.192. The molecule has 1 aromatic carbocycles. The van der Waals surface area contributed by atoms with Gasteiger partial charge in [-0.15, -0.1) is 0 Å². The Bertz CT molecular complexity index is 759. The molecule has 0 bridgehead atoms. The predicted molar refractivity (Wildman–Crippen MR) is 80.7 cm³/mol. The number of fused-ring (bicyclic) bond motifs is 3. The second-order valence-electron chi connectivity index (χ2n) is 5.33. The van der Waals surface area contributed by atoms with Crippen molar-refractivity contribution in [3.8, 4) is 0 Å². The summed E-state index contributed by atoms with van der Waals surface area (Å²) < 4.78 is 2.32. The minimum Gasteiger partial charge on any atom is -0.346 e. The van der Waals surface area contributed by atoms with E-state index in [1.165, 1.54) is 22.2 Å². The van der Waals surface area contributed by atoms with Crippen molar-refractivity contribution in [1.82, 2.24) is 14.9 Å². The first-order chi connectivity index (χ1) is 9.86. The minimum absolute atomic E-state index is 0.192. The number of aryl methyl sites for hydroxylation is 1. The fraction of sp³-hybridized carbons (Fsp3) is 0.235. The first-order valence-electron chi connectivity index (χ1n) is 7.07.